The molecule has 0 spiro atoms. The van der Waals surface area contributed by atoms with Gasteiger partial charge in [0.15, 0.2) is 17.5 Å². The summed E-state index contributed by atoms with van der Waals surface area (Å²) in [5, 5.41) is 2.57. The standard InChI is InChI=1S/C40H29N3/c1-40(2)35-19-10-9-18-32(35)33-23-22-26-20-21-30(25-34(26)36(33)40)29-16-11-17-31(24-29)39-42-37(27-12-5-3-6-13-27)41-38(43-39)28-14-7-4-8-15-28/h3-25H,1-2H3. The first-order valence-electron chi connectivity index (χ1n) is 14.7. The van der Waals surface area contributed by atoms with Crippen molar-refractivity contribution >= 4 is 10.8 Å². The third-order valence-corrected chi connectivity index (χ3v) is 8.69. The highest BCUT2D eigenvalue weighted by Gasteiger charge is 2.36. The maximum atomic E-state index is 4.95. The van der Waals surface area contributed by atoms with Crippen molar-refractivity contribution in [2.24, 2.45) is 0 Å². The third-order valence-electron chi connectivity index (χ3n) is 8.69. The van der Waals surface area contributed by atoms with Gasteiger partial charge in [0.2, 0.25) is 0 Å². The number of hydrogen-bond donors (Lipinski definition) is 0. The van der Waals surface area contributed by atoms with E-state index in [1.807, 2.05) is 60.7 Å². The molecule has 1 aliphatic carbocycles. The summed E-state index contributed by atoms with van der Waals surface area (Å²) in [6, 6.07) is 49.0. The van der Waals surface area contributed by atoms with Crippen LogP contribution in [-0.4, -0.2) is 15.0 Å². The molecule has 0 aliphatic heterocycles. The lowest BCUT2D eigenvalue weighted by atomic mass is 9.80. The van der Waals surface area contributed by atoms with Crippen LogP contribution in [0.1, 0.15) is 25.0 Å². The molecule has 0 unspecified atom stereocenters. The summed E-state index contributed by atoms with van der Waals surface area (Å²) in [4.78, 5) is 14.8. The first kappa shape index (κ1) is 25.3. The Labute approximate surface area is 251 Å². The molecule has 0 N–H and O–H groups in total. The van der Waals surface area contributed by atoms with Crippen LogP contribution in [0.25, 0.3) is 67.2 Å². The minimum absolute atomic E-state index is 0.0710. The molecule has 0 atom stereocenters. The quantitative estimate of drug-likeness (QED) is 0.218. The number of benzene rings is 6. The number of fused-ring (bicyclic) bond motifs is 5. The molecule has 0 fully saturated rings. The van der Waals surface area contributed by atoms with Crippen molar-refractivity contribution in [3.05, 3.63) is 151 Å². The Morgan fingerprint density at radius 1 is 0.419 bits per heavy atom. The molecule has 0 radical (unpaired) electrons. The first-order valence-corrected chi connectivity index (χ1v) is 14.7. The van der Waals surface area contributed by atoms with Crippen molar-refractivity contribution in [3.8, 4) is 56.4 Å². The van der Waals surface area contributed by atoms with E-state index in [0.29, 0.717) is 17.5 Å². The summed E-state index contributed by atoms with van der Waals surface area (Å²) in [6.45, 7) is 4.69. The fourth-order valence-corrected chi connectivity index (χ4v) is 6.57. The van der Waals surface area contributed by atoms with Gasteiger partial charge in [0.05, 0.1) is 0 Å². The van der Waals surface area contributed by atoms with E-state index in [4.69, 9.17) is 15.0 Å². The fourth-order valence-electron chi connectivity index (χ4n) is 6.57. The Bertz CT molecular complexity index is 2090. The lowest BCUT2D eigenvalue weighted by Gasteiger charge is -2.23. The average Bonchev–Trinajstić information content (AvgIpc) is 3.31. The van der Waals surface area contributed by atoms with Crippen molar-refractivity contribution in [1.82, 2.24) is 15.0 Å². The van der Waals surface area contributed by atoms with E-state index in [-0.39, 0.29) is 5.41 Å². The van der Waals surface area contributed by atoms with E-state index in [0.717, 1.165) is 22.3 Å². The van der Waals surface area contributed by atoms with E-state index in [9.17, 15) is 0 Å². The van der Waals surface area contributed by atoms with Gasteiger partial charge in [0, 0.05) is 22.1 Å². The third kappa shape index (κ3) is 4.24. The van der Waals surface area contributed by atoms with Gasteiger partial charge in [-0.25, -0.2) is 15.0 Å². The Morgan fingerprint density at radius 3 is 1.65 bits per heavy atom. The van der Waals surface area contributed by atoms with Crippen molar-refractivity contribution in [2.45, 2.75) is 19.3 Å². The van der Waals surface area contributed by atoms with Gasteiger partial charge in [-0.2, -0.15) is 0 Å². The predicted octanol–water partition coefficient (Wildman–Crippen LogP) is 10.00. The van der Waals surface area contributed by atoms with Crippen LogP contribution in [0, 0.1) is 0 Å². The van der Waals surface area contributed by atoms with Gasteiger partial charge in [-0.15, -0.1) is 0 Å². The van der Waals surface area contributed by atoms with Gasteiger partial charge in [-0.3, -0.25) is 0 Å². The molecule has 3 heteroatoms. The molecule has 8 rings (SSSR count). The highest BCUT2D eigenvalue weighted by Crippen LogP contribution is 2.51. The summed E-state index contributed by atoms with van der Waals surface area (Å²) in [6.07, 6.45) is 0. The molecule has 0 bridgehead atoms. The molecular weight excluding hydrogens is 522 g/mol. The molecule has 0 saturated heterocycles. The van der Waals surface area contributed by atoms with Crippen molar-refractivity contribution in [3.63, 3.8) is 0 Å². The Kier molecular flexibility index (Phi) is 5.80. The van der Waals surface area contributed by atoms with Crippen LogP contribution in [0.15, 0.2) is 140 Å². The van der Waals surface area contributed by atoms with Gasteiger partial charge < -0.3 is 0 Å². The smallest absolute Gasteiger partial charge is 0.164 e. The van der Waals surface area contributed by atoms with E-state index in [2.05, 4.69) is 92.7 Å². The zero-order valence-electron chi connectivity index (χ0n) is 24.1. The van der Waals surface area contributed by atoms with E-state index < -0.39 is 0 Å². The highest BCUT2D eigenvalue weighted by molar-refractivity contribution is 5.99. The normalized spacial score (nSPS) is 13.1. The molecule has 204 valence electrons. The van der Waals surface area contributed by atoms with Crippen LogP contribution in [0.2, 0.25) is 0 Å². The molecule has 0 saturated carbocycles. The molecule has 6 aromatic carbocycles. The van der Waals surface area contributed by atoms with Crippen LogP contribution in [-0.2, 0) is 5.41 Å². The topological polar surface area (TPSA) is 38.7 Å². The van der Waals surface area contributed by atoms with E-state index in [1.54, 1.807) is 0 Å². The molecule has 1 aliphatic rings. The summed E-state index contributed by atoms with van der Waals surface area (Å²) >= 11 is 0. The fraction of sp³-hybridized carbons (Fsp3) is 0.0750. The second-order valence-corrected chi connectivity index (χ2v) is 11.7. The maximum Gasteiger partial charge on any atom is 0.164 e. The average molecular weight is 552 g/mol. The molecule has 43 heavy (non-hydrogen) atoms. The Balaban J connectivity index is 1.26. The van der Waals surface area contributed by atoms with Crippen molar-refractivity contribution in [2.75, 3.05) is 0 Å². The molecule has 1 heterocycles. The summed E-state index contributed by atoms with van der Waals surface area (Å²) < 4.78 is 0. The summed E-state index contributed by atoms with van der Waals surface area (Å²) in [5.74, 6) is 1.99. The second kappa shape index (κ2) is 9.85. The number of hydrogen-bond acceptors (Lipinski definition) is 3. The van der Waals surface area contributed by atoms with Crippen LogP contribution < -0.4 is 0 Å². The first-order chi connectivity index (χ1) is 21.1. The summed E-state index contributed by atoms with van der Waals surface area (Å²) in [5.41, 5.74) is 10.6. The zero-order chi connectivity index (χ0) is 29.0. The minimum atomic E-state index is -0.0710. The largest absolute Gasteiger partial charge is 0.208 e. The lowest BCUT2D eigenvalue weighted by Crippen LogP contribution is -2.15. The number of aromatic nitrogens is 3. The van der Waals surface area contributed by atoms with E-state index in [1.165, 1.54) is 38.6 Å². The Hall–Kier alpha value is -5.41. The van der Waals surface area contributed by atoms with Gasteiger partial charge in [-0.1, -0.05) is 141 Å². The Morgan fingerprint density at radius 2 is 0.953 bits per heavy atom. The van der Waals surface area contributed by atoms with Gasteiger partial charge in [0.1, 0.15) is 0 Å². The zero-order valence-corrected chi connectivity index (χ0v) is 24.1. The highest BCUT2D eigenvalue weighted by atomic mass is 15.0. The van der Waals surface area contributed by atoms with Gasteiger partial charge in [-0.05, 0) is 56.3 Å². The number of nitrogens with zero attached hydrogens (tertiary/aromatic N) is 3. The molecular formula is C40H29N3. The SMILES string of the molecule is CC1(C)c2ccccc2-c2ccc3ccc(-c4cccc(-c5nc(-c6ccccc6)nc(-c6ccccc6)n5)c4)cc3c21. The van der Waals surface area contributed by atoms with E-state index >= 15 is 0 Å². The van der Waals surface area contributed by atoms with Crippen molar-refractivity contribution in [1.29, 1.82) is 0 Å². The lowest BCUT2D eigenvalue weighted by molar-refractivity contribution is 0.666. The van der Waals surface area contributed by atoms with Gasteiger partial charge >= 0.3 is 0 Å². The minimum Gasteiger partial charge on any atom is -0.208 e. The van der Waals surface area contributed by atoms with Crippen molar-refractivity contribution < 1.29 is 0 Å². The second-order valence-electron chi connectivity index (χ2n) is 11.7. The number of rotatable bonds is 4. The van der Waals surface area contributed by atoms with Crippen LogP contribution in [0.4, 0.5) is 0 Å². The van der Waals surface area contributed by atoms with Crippen LogP contribution in [0.3, 0.4) is 0 Å². The monoisotopic (exact) mass is 551 g/mol. The summed E-state index contributed by atoms with van der Waals surface area (Å²) in [7, 11) is 0. The van der Waals surface area contributed by atoms with Crippen LogP contribution >= 0.6 is 0 Å². The van der Waals surface area contributed by atoms with Crippen LogP contribution in [0.5, 0.6) is 0 Å². The maximum absolute atomic E-state index is 4.95. The molecule has 3 nitrogen and oxygen atoms in total. The molecule has 1 aromatic heterocycles. The molecule has 0 amide bonds. The van der Waals surface area contributed by atoms with Gasteiger partial charge in [0.25, 0.3) is 0 Å². The molecule has 7 aromatic rings. The predicted molar refractivity (Wildman–Crippen MR) is 177 cm³/mol.